The zero-order chi connectivity index (χ0) is 11.2. The van der Waals surface area contributed by atoms with Gasteiger partial charge in [0.25, 0.3) is 0 Å². The number of hydrogen-bond donors (Lipinski definition) is 1. The average Bonchev–Trinajstić information content (AvgIpc) is 2.72. The third-order valence-corrected chi connectivity index (χ3v) is 3.99. The molecule has 0 amide bonds. The highest BCUT2D eigenvalue weighted by Gasteiger charge is 2.09. The van der Waals surface area contributed by atoms with Gasteiger partial charge in [0.05, 0.1) is 13.2 Å². The molecule has 0 radical (unpaired) electrons. The molecule has 2 rings (SSSR count). The first-order valence-electron chi connectivity index (χ1n) is 5.90. The molecule has 0 aliphatic carbocycles. The fourth-order valence-corrected chi connectivity index (χ4v) is 2.72. The minimum absolute atomic E-state index is 0. The Morgan fingerprint density at radius 3 is 2.67 bits per heavy atom. The normalized spacial score (nSPS) is 15.8. The fourth-order valence-electron chi connectivity index (χ4n) is 1.85. The number of rotatable bonds is 5. The van der Waals surface area contributed by atoms with E-state index in [0.29, 0.717) is 0 Å². The summed E-state index contributed by atoms with van der Waals surface area (Å²) in [5, 5.41) is 5.66. The van der Waals surface area contributed by atoms with Crippen LogP contribution in [0.25, 0.3) is 0 Å². The maximum Gasteiger partial charge on any atom is 0.0594 e. The van der Waals surface area contributed by atoms with Crippen molar-refractivity contribution in [2.75, 3.05) is 39.4 Å². The third kappa shape index (κ3) is 5.87. The lowest BCUT2D eigenvalue weighted by Crippen LogP contribution is -2.40. The number of ether oxygens (including phenoxy) is 1. The predicted octanol–water partition coefficient (Wildman–Crippen LogP) is 2.32. The van der Waals surface area contributed by atoms with Gasteiger partial charge in [-0.25, -0.2) is 0 Å². The topological polar surface area (TPSA) is 24.5 Å². The molecule has 1 N–H and O–H groups in total. The number of nitrogens with zero attached hydrogens (tertiary/aromatic N) is 1. The summed E-state index contributed by atoms with van der Waals surface area (Å²) in [7, 11) is 0. The summed E-state index contributed by atoms with van der Waals surface area (Å²) >= 11 is 1.84. The van der Waals surface area contributed by atoms with Crippen LogP contribution in [0.15, 0.2) is 11.4 Å². The standard InChI is InChI=1S/C12H20N2OS.2ClH/c1-11-2-9-16-12(11)10-13-3-4-14-5-7-15-8-6-14;;/h2,9,13H,3-8,10H2,1H3;2*1H. The van der Waals surface area contributed by atoms with Crippen LogP contribution in [-0.4, -0.2) is 44.3 Å². The maximum atomic E-state index is 5.32. The summed E-state index contributed by atoms with van der Waals surface area (Å²) in [6.45, 7) is 9.34. The van der Waals surface area contributed by atoms with Gasteiger partial charge in [-0.05, 0) is 23.9 Å². The number of hydrogen-bond acceptors (Lipinski definition) is 4. The molecule has 0 aromatic carbocycles. The minimum atomic E-state index is 0. The Morgan fingerprint density at radius 2 is 2.06 bits per heavy atom. The molecule has 1 saturated heterocycles. The molecule has 18 heavy (non-hydrogen) atoms. The molecule has 0 saturated carbocycles. The number of aryl methyl sites for hydroxylation is 1. The van der Waals surface area contributed by atoms with Gasteiger partial charge in [0.2, 0.25) is 0 Å². The van der Waals surface area contributed by atoms with Crippen molar-refractivity contribution in [3.63, 3.8) is 0 Å². The van der Waals surface area contributed by atoms with E-state index < -0.39 is 0 Å². The monoisotopic (exact) mass is 312 g/mol. The highest BCUT2D eigenvalue weighted by Crippen LogP contribution is 2.14. The average molecular weight is 313 g/mol. The van der Waals surface area contributed by atoms with Crippen LogP contribution < -0.4 is 5.32 Å². The first kappa shape index (κ1) is 18.2. The lowest BCUT2D eigenvalue weighted by molar-refractivity contribution is 0.0384. The molecular formula is C12H22Cl2N2OS. The van der Waals surface area contributed by atoms with Gasteiger partial charge < -0.3 is 10.1 Å². The minimum Gasteiger partial charge on any atom is -0.379 e. The van der Waals surface area contributed by atoms with Crippen LogP contribution in [0.3, 0.4) is 0 Å². The van der Waals surface area contributed by atoms with E-state index in [1.807, 2.05) is 11.3 Å². The highest BCUT2D eigenvalue weighted by atomic mass is 35.5. The van der Waals surface area contributed by atoms with Gasteiger partial charge >= 0.3 is 0 Å². The molecule has 0 unspecified atom stereocenters. The largest absolute Gasteiger partial charge is 0.379 e. The molecule has 1 aromatic heterocycles. The quantitative estimate of drug-likeness (QED) is 0.845. The SMILES string of the molecule is Cc1ccsc1CNCCN1CCOCC1.Cl.Cl. The van der Waals surface area contributed by atoms with Crippen molar-refractivity contribution in [2.45, 2.75) is 13.5 Å². The van der Waals surface area contributed by atoms with Crippen molar-refractivity contribution < 1.29 is 4.74 Å². The molecule has 1 fully saturated rings. The lowest BCUT2D eigenvalue weighted by atomic mass is 10.3. The van der Waals surface area contributed by atoms with Crippen molar-refractivity contribution >= 4 is 36.2 Å². The van der Waals surface area contributed by atoms with Crippen molar-refractivity contribution in [1.82, 2.24) is 10.2 Å². The summed E-state index contributed by atoms with van der Waals surface area (Å²) < 4.78 is 5.32. The Kier molecular flexibility index (Phi) is 10.1. The number of morpholine rings is 1. The summed E-state index contributed by atoms with van der Waals surface area (Å²) in [6, 6.07) is 2.18. The summed E-state index contributed by atoms with van der Waals surface area (Å²) in [5.74, 6) is 0. The first-order valence-corrected chi connectivity index (χ1v) is 6.78. The van der Waals surface area contributed by atoms with Crippen molar-refractivity contribution in [3.8, 4) is 0 Å². The van der Waals surface area contributed by atoms with E-state index in [2.05, 4.69) is 28.6 Å². The van der Waals surface area contributed by atoms with Crippen LogP contribution in [0.5, 0.6) is 0 Å². The van der Waals surface area contributed by atoms with Crippen LogP contribution in [0, 0.1) is 6.92 Å². The highest BCUT2D eigenvalue weighted by molar-refractivity contribution is 7.10. The van der Waals surface area contributed by atoms with E-state index in [0.717, 1.165) is 45.9 Å². The Bertz CT molecular complexity index is 317. The van der Waals surface area contributed by atoms with E-state index in [9.17, 15) is 0 Å². The Balaban J connectivity index is 0.00000144. The van der Waals surface area contributed by atoms with Gasteiger partial charge in [0, 0.05) is 37.6 Å². The predicted molar refractivity (Wildman–Crippen MR) is 82.5 cm³/mol. The van der Waals surface area contributed by atoms with Crippen LogP contribution in [0.2, 0.25) is 0 Å². The van der Waals surface area contributed by atoms with E-state index >= 15 is 0 Å². The Labute approximate surface area is 126 Å². The van der Waals surface area contributed by atoms with E-state index in [1.54, 1.807) is 0 Å². The van der Waals surface area contributed by atoms with E-state index in [4.69, 9.17) is 4.74 Å². The van der Waals surface area contributed by atoms with Gasteiger partial charge in [-0.15, -0.1) is 36.2 Å². The second kappa shape index (κ2) is 10.0. The van der Waals surface area contributed by atoms with Gasteiger partial charge in [0.15, 0.2) is 0 Å². The number of halogens is 2. The molecule has 6 heteroatoms. The lowest BCUT2D eigenvalue weighted by Gasteiger charge is -2.26. The summed E-state index contributed by atoms with van der Waals surface area (Å²) in [5.41, 5.74) is 1.41. The molecule has 0 bridgehead atoms. The fraction of sp³-hybridized carbons (Fsp3) is 0.667. The first-order chi connectivity index (χ1) is 7.86. The Morgan fingerprint density at radius 1 is 1.33 bits per heavy atom. The van der Waals surface area contributed by atoms with Gasteiger partial charge in [-0.3, -0.25) is 4.90 Å². The Hall–Kier alpha value is 0.160. The van der Waals surface area contributed by atoms with Crippen LogP contribution in [-0.2, 0) is 11.3 Å². The molecule has 0 spiro atoms. The number of thiophene rings is 1. The summed E-state index contributed by atoms with van der Waals surface area (Å²) in [6.07, 6.45) is 0. The van der Waals surface area contributed by atoms with Crippen molar-refractivity contribution in [3.05, 3.63) is 21.9 Å². The molecule has 2 heterocycles. The smallest absolute Gasteiger partial charge is 0.0594 e. The van der Waals surface area contributed by atoms with Crippen molar-refractivity contribution in [2.24, 2.45) is 0 Å². The summed E-state index contributed by atoms with van der Waals surface area (Å²) in [4.78, 5) is 3.92. The van der Waals surface area contributed by atoms with Gasteiger partial charge in [0.1, 0.15) is 0 Å². The van der Waals surface area contributed by atoms with E-state index in [1.165, 1.54) is 10.4 Å². The number of nitrogens with one attached hydrogen (secondary N) is 1. The second-order valence-corrected chi connectivity index (χ2v) is 5.16. The van der Waals surface area contributed by atoms with E-state index in [-0.39, 0.29) is 24.8 Å². The molecule has 1 aliphatic heterocycles. The third-order valence-electron chi connectivity index (χ3n) is 2.96. The molecular weight excluding hydrogens is 291 g/mol. The molecule has 1 aliphatic rings. The van der Waals surface area contributed by atoms with Crippen LogP contribution >= 0.6 is 36.2 Å². The molecule has 1 aromatic rings. The van der Waals surface area contributed by atoms with Crippen LogP contribution in [0.4, 0.5) is 0 Å². The maximum absolute atomic E-state index is 5.32. The zero-order valence-electron chi connectivity index (χ0n) is 10.7. The van der Waals surface area contributed by atoms with Gasteiger partial charge in [-0.2, -0.15) is 0 Å². The molecule has 0 atom stereocenters. The molecule has 106 valence electrons. The van der Waals surface area contributed by atoms with Crippen molar-refractivity contribution in [1.29, 1.82) is 0 Å². The second-order valence-electron chi connectivity index (χ2n) is 4.16. The van der Waals surface area contributed by atoms with Gasteiger partial charge in [-0.1, -0.05) is 0 Å². The zero-order valence-corrected chi connectivity index (χ0v) is 13.1. The molecule has 3 nitrogen and oxygen atoms in total. The van der Waals surface area contributed by atoms with Crippen LogP contribution in [0.1, 0.15) is 10.4 Å².